The second-order valence-electron chi connectivity index (χ2n) is 4.38. The normalized spacial score (nSPS) is 14.8. The van der Waals surface area contributed by atoms with Crippen LogP contribution in [0, 0.1) is 5.92 Å². The molecule has 0 aliphatic carbocycles. The maximum absolute atomic E-state index is 11.3. The Bertz CT molecular complexity index is 375. The average Bonchev–Trinajstić information content (AvgIpc) is 2.17. The lowest BCUT2D eigenvalue weighted by atomic mass is 9.83. The van der Waals surface area contributed by atoms with E-state index in [1.54, 1.807) is 24.3 Å². The van der Waals surface area contributed by atoms with Gasteiger partial charge < -0.3 is 10.8 Å². The van der Waals surface area contributed by atoms with E-state index >= 15 is 0 Å². The standard InChI is InChI=1S/C12H16BrNO2/c1-8(2)7-12(14,11(15)16)9-3-5-10(13)6-4-9/h3-6,8H,7,14H2,1-2H3,(H,15,16)/t12-/m0/s1. The summed E-state index contributed by atoms with van der Waals surface area (Å²) in [6.07, 6.45) is 0.421. The number of carboxylic acids is 1. The average molecular weight is 286 g/mol. The number of rotatable bonds is 4. The van der Waals surface area contributed by atoms with Crippen molar-refractivity contribution in [2.45, 2.75) is 25.8 Å². The van der Waals surface area contributed by atoms with Gasteiger partial charge in [-0.15, -0.1) is 0 Å². The summed E-state index contributed by atoms with van der Waals surface area (Å²) in [6.45, 7) is 3.92. The van der Waals surface area contributed by atoms with Gasteiger partial charge in [-0.2, -0.15) is 0 Å². The lowest BCUT2D eigenvalue weighted by Gasteiger charge is -2.27. The van der Waals surface area contributed by atoms with E-state index in [1.165, 1.54) is 0 Å². The third kappa shape index (κ3) is 2.83. The van der Waals surface area contributed by atoms with E-state index in [9.17, 15) is 9.90 Å². The monoisotopic (exact) mass is 285 g/mol. The van der Waals surface area contributed by atoms with E-state index in [0.717, 1.165) is 4.47 Å². The Morgan fingerprint density at radius 3 is 2.31 bits per heavy atom. The van der Waals surface area contributed by atoms with Gasteiger partial charge in [-0.05, 0) is 30.0 Å². The minimum Gasteiger partial charge on any atom is -0.480 e. The van der Waals surface area contributed by atoms with Crippen LogP contribution in [0.4, 0.5) is 0 Å². The lowest BCUT2D eigenvalue weighted by molar-refractivity contribution is -0.144. The molecule has 1 aromatic carbocycles. The van der Waals surface area contributed by atoms with E-state index in [0.29, 0.717) is 12.0 Å². The zero-order chi connectivity index (χ0) is 12.3. The fraction of sp³-hybridized carbons (Fsp3) is 0.417. The molecule has 4 heteroatoms. The van der Waals surface area contributed by atoms with Crippen molar-refractivity contribution in [1.29, 1.82) is 0 Å². The van der Waals surface area contributed by atoms with Gasteiger partial charge in [-0.25, -0.2) is 4.79 Å². The Morgan fingerprint density at radius 2 is 1.94 bits per heavy atom. The molecule has 1 rings (SSSR count). The lowest BCUT2D eigenvalue weighted by Crippen LogP contribution is -2.45. The number of hydrogen-bond acceptors (Lipinski definition) is 2. The second-order valence-corrected chi connectivity index (χ2v) is 5.30. The quantitative estimate of drug-likeness (QED) is 0.894. The predicted molar refractivity (Wildman–Crippen MR) is 67.1 cm³/mol. The van der Waals surface area contributed by atoms with Gasteiger partial charge in [-0.1, -0.05) is 41.9 Å². The molecule has 0 amide bonds. The molecule has 1 atom stereocenters. The maximum Gasteiger partial charge on any atom is 0.328 e. The van der Waals surface area contributed by atoms with Gasteiger partial charge in [-0.3, -0.25) is 0 Å². The summed E-state index contributed by atoms with van der Waals surface area (Å²) in [7, 11) is 0. The number of benzene rings is 1. The van der Waals surface area contributed by atoms with Crippen molar-refractivity contribution in [2.24, 2.45) is 11.7 Å². The topological polar surface area (TPSA) is 63.3 Å². The Balaban J connectivity index is 3.11. The number of halogens is 1. The fourth-order valence-electron chi connectivity index (χ4n) is 1.72. The van der Waals surface area contributed by atoms with E-state index in [4.69, 9.17) is 5.73 Å². The summed E-state index contributed by atoms with van der Waals surface area (Å²) in [6, 6.07) is 7.11. The summed E-state index contributed by atoms with van der Waals surface area (Å²) in [5, 5.41) is 9.27. The highest BCUT2D eigenvalue weighted by Crippen LogP contribution is 2.27. The minimum atomic E-state index is -1.30. The smallest absolute Gasteiger partial charge is 0.328 e. The number of hydrogen-bond donors (Lipinski definition) is 2. The van der Waals surface area contributed by atoms with Crippen LogP contribution >= 0.6 is 15.9 Å². The first-order valence-corrected chi connectivity index (χ1v) is 5.94. The molecule has 0 radical (unpaired) electrons. The molecule has 0 heterocycles. The zero-order valence-electron chi connectivity index (χ0n) is 9.40. The molecule has 3 nitrogen and oxygen atoms in total. The summed E-state index contributed by atoms with van der Waals surface area (Å²) in [4.78, 5) is 11.3. The molecule has 0 unspecified atom stereocenters. The van der Waals surface area contributed by atoms with Crippen molar-refractivity contribution >= 4 is 21.9 Å². The molecular weight excluding hydrogens is 270 g/mol. The van der Waals surface area contributed by atoms with Crippen LogP contribution in [-0.2, 0) is 10.3 Å². The fourth-order valence-corrected chi connectivity index (χ4v) is 1.98. The Hall–Kier alpha value is -0.870. The van der Waals surface area contributed by atoms with Crippen LogP contribution in [-0.4, -0.2) is 11.1 Å². The highest BCUT2D eigenvalue weighted by atomic mass is 79.9. The van der Waals surface area contributed by atoms with Gasteiger partial charge in [0.25, 0.3) is 0 Å². The molecule has 88 valence electrons. The van der Waals surface area contributed by atoms with Crippen LogP contribution in [0.25, 0.3) is 0 Å². The van der Waals surface area contributed by atoms with Crippen molar-refractivity contribution < 1.29 is 9.90 Å². The Labute approximate surface area is 104 Å². The molecule has 0 saturated heterocycles. The van der Waals surface area contributed by atoms with E-state index in [2.05, 4.69) is 15.9 Å². The van der Waals surface area contributed by atoms with Crippen LogP contribution < -0.4 is 5.73 Å². The molecule has 0 spiro atoms. The van der Waals surface area contributed by atoms with E-state index in [-0.39, 0.29) is 5.92 Å². The molecule has 0 aromatic heterocycles. The van der Waals surface area contributed by atoms with E-state index in [1.807, 2.05) is 13.8 Å². The van der Waals surface area contributed by atoms with E-state index < -0.39 is 11.5 Å². The SMILES string of the molecule is CC(C)C[C@@](N)(C(=O)O)c1ccc(Br)cc1. The van der Waals surface area contributed by atoms with Gasteiger partial charge in [0.2, 0.25) is 0 Å². The van der Waals surface area contributed by atoms with Crippen molar-refractivity contribution in [1.82, 2.24) is 0 Å². The molecule has 0 saturated carbocycles. The maximum atomic E-state index is 11.3. The molecule has 0 aliphatic heterocycles. The minimum absolute atomic E-state index is 0.227. The Kier molecular flexibility index (Phi) is 4.10. The van der Waals surface area contributed by atoms with Crippen LogP contribution in [0.3, 0.4) is 0 Å². The van der Waals surface area contributed by atoms with Crippen LogP contribution in [0.5, 0.6) is 0 Å². The summed E-state index contributed by atoms with van der Waals surface area (Å²) >= 11 is 3.31. The van der Waals surface area contributed by atoms with Gasteiger partial charge in [0.05, 0.1) is 0 Å². The molecule has 0 fully saturated rings. The third-order valence-electron chi connectivity index (χ3n) is 2.47. The molecular formula is C12H16BrNO2. The summed E-state index contributed by atoms with van der Waals surface area (Å²) < 4.78 is 0.911. The molecule has 0 aliphatic rings. The van der Waals surface area contributed by atoms with Gasteiger partial charge in [0, 0.05) is 4.47 Å². The molecule has 0 bridgehead atoms. The van der Waals surface area contributed by atoms with Crippen LogP contribution in [0.2, 0.25) is 0 Å². The largest absolute Gasteiger partial charge is 0.480 e. The van der Waals surface area contributed by atoms with Gasteiger partial charge >= 0.3 is 5.97 Å². The third-order valence-corrected chi connectivity index (χ3v) is 3.00. The number of aliphatic carboxylic acids is 1. The van der Waals surface area contributed by atoms with Crippen molar-refractivity contribution in [2.75, 3.05) is 0 Å². The van der Waals surface area contributed by atoms with Crippen molar-refractivity contribution in [3.8, 4) is 0 Å². The number of carboxylic acid groups (broad SMARTS) is 1. The first-order chi connectivity index (χ1) is 7.36. The molecule has 16 heavy (non-hydrogen) atoms. The first kappa shape index (κ1) is 13.2. The molecule has 1 aromatic rings. The second kappa shape index (κ2) is 4.97. The van der Waals surface area contributed by atoms with Crippen molar-refractivity contribution in [3.63, 3.8) is 0 Å². The van der Waals surface area contributed by atoms with Crippen LogP contribution in [0.1, 0.15) is 25.8 Å². The number of nitrogens with two attached hydrogens (primary N) is 1. The van der Waals surface area contributed by atoms with Gasteiger partial charge in [0.1, 0.15) is 5.54 Å². The summed E-state index contributed by atoms with van der Waals surface area (Å²) in [5.41, 5.74) is 5.34. The molecule has 3 N–H and O–H groups in total. The highest BCUT2D eigenvalue weighted by molar-refractivity contribution is 9.10. The Morgan fingerprint density at radius 1 is 1.44 bits per heavy atom. The number of carbonyl (C=O) groups is 1. The highest BCUT2D eigenvalue weighted by Gasteiger charge is 2.36. The van der Waals surface area contributed by atoms with Crippen LogP contribution in [0.15, 0.2) is 28.7 Å². The predicted octanol–water partition coefficient (Wildman–Crippen LogP) is 2.73. The zero-order valence-corrected chi connectivity index (χ0v) is 11.0. The first-order valence-electron chi connectivity index (χ1n) is 5.14. The van der Waals surface area contributed by atoms with Gasteiger partial charge in [0.15, 0.2) is 0 Å². The summed E-state index contributed by atoms with van der Waals surface area (Å²) in [5.74, 6) is -0.756. The van der Waals surface area contributed by atoms with Crippen molar-refractivity contribution in [3.05, 3.63) is 34.3 Å².